The molecule has 0 unspecified atom stereocenters. The molecule has 1 saturated carbocycles. The van der Waals surface area contributed by atoms with Gasteiger partial charge >= 0.3 is 0 Å². The lowest BCUT2D eigenvalue weighted by Gasteiger charge is -2.09. The van der Waals surface area contributed by atoms with Crippen LogP contribution in [0.15, 0.2) is 18.2 Å². The molecule has 1 aromatic carbocycles. The topological polar surface area (TPSA) is 81.1 Å². The standard InChI is InChI=1S/C10H13N3O/c11-6-1-4-8(10(12)14)9(5-6)13-7-2-3-7/h1,4-5,7,13H,2-3,11H2,(H2,12,14). The van der Waals surface area contributed by atoms with Gasteiger partial charge in [-0.05, 0) is 31.0 Å². The van der Waals surface area contributed by atoms with Crippen LogP contribution in [0.5, 0.6) is 0 Å². The van der Waals surface area contributed by atoms with Crippen molar-refractivity contribution in [3.63, 3.8) is 0 Å². The fraction of sp³-hybridized carbons (Fsp3) is 0.300. The number of amides is 1. The summed E-state index contributed by atoms with van der Waals surface area (Å²) in [7, 11) is 0. The SMILES string of the molecule is NC(=O)c1ccc(N)cc1NC1CC1. The third-order valence-electron chi connectivity index (χ3n) is 2.25. The molecule has 0 aliphatic heterocycles. The van der Waals surface area contributed by atoms with Crippen LogP contribution in [0.1, 0.15) is 23.2 Å². The van der Waals surface area contributed by atoms with Gasteiger partial charge in [-0.25, -0.2) is 0 Å². The molecule has 0 heterocycles. The van der Waals surface area contributed by atoms with E-state index in [1.54, 1.807) is 18.2 Å². The van der Waals surface area contributed by atoms with E-state index in [-0.39, 0.29) is 0 Å². The second-order valence-electron chi connectivity index (χ2n) is 3.59. The maximum absolute atomic E-state index is 11.1. The minimum atomic E-state index is -0.423. The molecule has 1 aliphatic carbocycles. The Morgan fingerprint density at radius 2 is 2.14 bits per heavy atom. The van der Waals surface area contributed by atoms with Gasteiger partial charge in [0.15, 0.2) is 0 Å². The van der Waals surface area contributed by atoms with Crippen LogP contribution in [0, 0.1) is 0 Å². The quantitative estimate of drug-likeness (QED) is 0.622. The van der Waals surface area contributed by atoms with Crippen LogP contribution in [0.2, 0.25) is 0 Å². The summed E-state index contributed by atoms with van der Waals surface area (Å²) < 4.78 is 0. The maximum Gasteiger partial charge on any atom is 0.250 e. The van der Waals surface area contributed by atoms with Crippen LogP contribution >= 0.6 is 0 Å². The van der Waals surface area contributed by atoms with E-state index in [4.69, 9.17) is 11.5 Å². The molecule has 1 aliphatic rings. The summed E-state index contributed by atoms with van der Waals surface area (Å²) in [6.07, 6.45) is 2.29. The van der Waals surface area contributed by atoms with Gasteiger partial charge in [0, 0.05) is 17.4 Å². The van der Waals surface area contributed by atoms with Crippen molar-refractivity contribution in [2.24, 2.45) is 5.73 Å². The number of primary amides is 1. The van der Waals surface area contributed by atoms with Crippen LogP contribution in [0.4, 0.5) is 11.4 Å². The van der Waals surface area contributed by atoms with Crippen LogP contribution < -0.4 is 16.8 Å². The highest BCUT2D eigenvalue weighted by Gasteiger charge is 2.22. The number of anilines is 2. The maximum atomic E-state index is 11.1. The zero-order valence-corrected chi connectivity index (χ0v) is 7.79. The van der Waals surface area contributed by atoms with Gasteiger partial charge in [-0.2, -0.15) is 0 Å². The van der Waals surface area contributed by atoms with E-state index in [9.17, 15) is 4.79 Å². The molecule has 0 bridgehead atoms. The molecular weight excluding hydrogens is 178 g/mol. The van der Waals surface area contributed by atoms with E-state index < -0.39 is 5.91 Å². The number of carbonyl (C=O) groups is 1. The Bertz CT molecular complexity index is 372. The number of carbonyl (C=O) groups excluding carboxylic acids is 1. The van der Waals surface area contributed by atoms with Crippen LogP contribution in [0.3, 0.4) is 0 Å². The number of benzene rings is 1. The third kappa shape index (κ3) is 1.79. The van der Waals surface area contributed by atoms with E-state index in [1.165, 1.54) is 0 Å². The Kier molecular flexibility index (Phi) is 2.04. The Hall–Kier alpha value is -1.71. The van der Waals surface area contributed by atoms with Gasteiger partial charge in [0.2, 0.25) is 0 Å². The minimum Gasteiger partial charge on any atom is -0.399 e. The fourth-order valence-electron chi connectivity index (χ4n) is 1.34. The first-order valence-corrected chi connectivity index (χ1v) is 4.62. The van der Waals surface area contributed by atoms with Crippen LogP contribution in [-0.4, -0.2) is 11.9 Å². The van der Waals surface area contributed by atoms with Gasteiger partial charge in [0.25, 0.3) is 5.91 Å². The molecule has 5 N–H and O–H groups in total. The van der Waals surface area contributed by atoms with Crippen molar-refractivity contribution in [2.45, 2.75) is 18.9 Å². The lowest BCUT2D eigenvalue weighted by Crippen LogP contribution is -2.15. The fourth-order valence-corrected chi connectivity index (χ4v) is 1.34. The van der Waals surface area contributed by atoms with Crippen molar-refractivity contribution in [1.29, 1.82) is 0 Å². The van der Waals surface area contributed by atoms with Crippen molar-refractivity contribution in [2.75, 3.05) is 11.1 Å². The average molecular weight is 191 g/mol. The molecule has 0 atom stereocenters. The van der Waals surface area contributed by atoms with Crippen molar-refractivity contribution in [1.82, 2.24) is 0 Å². The van der Waals surface area contributed by atoms with Crippen molar-refractivity contribution in [3.8, 4) is 0 Å². The first-order chi connectivity index (χ1) is 6.66. The highest BCUT2D eigenvalue weighted by atomic mass is 16.1. The van der Waals surface area contributed by atoms with Gasteiger partial charge in [-0.1, -0.05) is 0 Å². The summed E-state index contributed by atoms with van der Waals surface area (Å²) in [4.78, 5) is 11.1. The minimum absolute atomic E-state index is 0.423. The zero-order valence-electron chi connectivity index (χ0n) is 7.79. The molecular formula is C10H13N3O. The van der Waals surface area contributed by atoms with E-state index in [0.717, 1.165) is 18.5 Å². The number of hydrogen-bond donors (Lipinski definition) is 3. The van der Waals surface area contributed by atoms with Crippen LogP contribution in [0.25, 0.3) is 0 Å². The van der Waals surface area contributed by atoms with Crippen molar-refractivity contribution >= 4 is 17.3 Å². The summed E-state index contributed by atoms with van der Waals surface area (Å²) in [5.74, 6) is -0.423. The molecule has 0 spiro atoms. The second-order valence-corrected chi connectivity index (χ2v) is 3.59. The predicted octanol–water partition coefficient (Wildman–Crippen LogP) is 0.942. The molecule has 1 amide bonds. The number of hydrogen-bond acceptors (Lipinski definition) is 3. The Morgan fingerprint density at radius 3 is 2.71 bits per heavy atom. The van der Waals surface area contributed by atoms with Gasteiger partial charge < -0.3 is 16.8 Å². The van der Waals surface area contributed by atoms with Crippen molar-refractivity contribution in [3.05, 3.63) is 23.8 Å². The zero-order chi connectivity index (χ0) is 10.1. The number of nitrogens with one attached hydrogen (secondary N) is 1. The number of nitrogens with two attached hydrogens (primary N) is 2. The third-order valence-corrected chi connectivity index (χ3v) is 2.25. The molecule has 0 saturated heterocycles. The molecule has 2 rings (SSSR count). The Labute approximate surface area is 82.3 Å². The van der Waals surface area contributed by atoms with Gasteiger partial charge in [0.05, 0.1) is 5.56 Å². The van der Waals surface area contributed by atoms with Crippen LogP contribution in [-0.2, 0) is 0 Å². The molecule has 0 aromatic heterocycles. The lowest BCUT2D eigenvalue weighted by atomic mass is 10.1. The normalized spacial score (nSPS) is 15.1. The van der Waals surface area contributed by atoms with Gasteiger partial charge in [0.1, 0.15) is 0 Å². The highest BCUT2D eigenvalue weighted by Crippen LogP contribution is 2.27. The van der Waals surface area contributed by atoms with Crippen molar-refractivity contribution < 1.29 is 4.79 Å². The molecule has 1 fully saturated rings. The molecule has 1 aromatic rings. The second kappa shape index (κ2) is 3.21. The van der Waals surface area contributed by atoms with E-state index in [1.807, 2.05) is 0 Å². The number of rotatable bonds is 3. The first kappa shape index (κ1) is 8.87. The van der Waals surface area contributed by atoms with E-state index in [2.05, 4.69) is 5.32 Å². The molecule has 4 heteroatoms. The van der Waals surface area contributed by atoms with Gasteiger partial charge in [-0.3, -0.25) is 4.79 Å². The molecule has 14 heavy (non-hydrogen) atoms. The average Bonchev–Trinajstić information content (AvgIpc) is 2.87. The Balaban J connectivity index is 2.31. The molecule has 4 nitrogen and oxygen atoms in total. The predicted molar refractivity (Wildman–Crippen MR) is 56.0 cm³/mol. The summed E-state index contributed by atoms with van der Waals surface area (Å²) in [6, 6.07) is 5.56. The lowest BCUT2D eigenvalue weighted by molar-refractivity contribution is 0.100. The van der Waals surface area contributed by atoms with E-state index in [0.29, 0.717) is 17.3 Å². The smallest absolute Gasteiger partial charge is 0.250 e. The summed E-state index contributed by atoms with van der Waals surface area (Å²) >= 11 is 0. The summed E-state index contributed by atoms with van der Waals surface area (Å²) in [5.41, 5.74) is 12.8. The monoisotopic (exact) mass is 191 g/mol. The molecule has 74 valence electrons. The largest absolute Gasteiger partial charge is 0.399 e. The van der Waals surface area contributed by atoms with Gasteiger partial charge in [-0.15, -0.1) is 0 Å². The Morgan fingerprint density at radius 1 is 1.43 bits per heavy atom. The first-order valence-electron chi connectivity index (χ1n) is 4.62. The van der Waals surface area contributed by atoms with E-state index >= 15 is 0 Å². The summed E-state index contributed by atoms with van der Waals surface area (Å²) in [5, 5.41) is 3.23. The molecule has 0 radical (unpaired) electrons. The summed E-state index contributed by atoms with van der Waals surface area (Å²) in [6.45, 7) is 0. The highest BCUT2D eigenvalue weighted by molar-refractivity contribution is 5.99. The number of nitrogen functional groups attached to an aromatic ring is 1.